The van der Waals surface area contributed by atoms with Crippen LogP contribution in [0.15, 0.2) is 29.2 Å². The molecule has 0 spiro atoms. The third-order valence-electron chi connectivity index (χ3n) is 3.02. The van der Waals surface area contributed by atoms with E-state index < -0.39 is 12.0 Å². The summed E-state index contributed by atoms with van der Waals surface area (Å²) in [6.07, 6.45) is 0.411. The molecule has 5 nitrogen and oxygen atoms in total. The highest BCUT2D eigenvalue weighted by atomic mass is 35.5. The van der Waals surface area contributed by atoms with Gasteiger partial charge in [-0.25, -0.2) is 0 Å². The number of aliphatic hydroxyl groups is 1. The van der Waals surface area contributed by atoms with Crippen LogP contribution in [0.25, 0.3) is 10.8 Å². The van der Waals surface area contributed by atoms with E-state index in [1.807, 2.05) is 0 Å². The smallest absolute Gasteiger partial charge is 0.255 e. The van der Waals surface area contributed by atoms with Gasteiger partial charge < -0.3 is 15.4 Å². The first kappa shape index (κ1) is 14.6. The second-order valence-electron chi connectivity index (χ2n) is 4.90. The molecule has 20 heavy (non-hydrogen) atoms. The number of aromatic amines is 1. The Morgan fingerprint density at radius 3 is 2.75 bits per heavy atom. The summed E-state index contributed by atoms with van der Waals surface area (Å²) in [5.41, 5.74) is 0.124. The van der Waals surface area contributed by atoms with Crippen molar-refractivity contribution in [3.05, 3.63) is 39.8 Å². The summed E-state index contributed by atoms with van der Waals surface area (Å²) in [5, 5.41) is 13.6. The second kappa shape index (κ2) is 5.64. The number of halogens is 1. The molecular weight excluding hydrogens is 280 g/mol. The molecule has 0 unspecified atom stereocenters. The Morgan fingerprint density at radius 1 is 1.40 bits per heavy atom. The van der Waals surface area contributed by atoms with Gasteiger partial charge in [0.15, 0.2) is 0 Å². The molecule has 1 aromatic heterocycles. The fourth-order valence-electron chi connectivity index (χ4n) is 1.81. The summed E-state index contributed by atoms with van der Waals surface area (Å²) in [5.74, 6) is -0.719. The zero-order valence-corrected chi connectivity index (χ0v) is 11.9. The molecule has 1 aromatic carbocycles. The summed E-state index contributed by atoms with van der Waals surface area (Å²) in [4.78, 5) is 26.0. The summed E-state index contributed by atoms with van der Waals surface area (Å²) in [7, 11) is 0. The predicted molar refractivity (Wildman–Crippen MR) is 79.1 cm³/mol. The molecule has 2 rings (SSSR count). The van der Waals surface area contributed by atoms with E-state index in [1.54, 1.807) is 26.0 Å². The molecule has 1 atom stereocenters. The van der Waals surface area contributed by atoms with Crippen LogP contribution < -0.4 is 10.9 Å². The lowest BCUT2D eigenvalue weighted by Crippen LogP contribution is -2.32. The Kier molecular flexibility index (Phi) is 4.11. The number of hydrogen-bond donors (Lipinski definition) is 3. The van der Waals surface area contributed by atoms with Crippen molar-refractivity contribution in [1.29, 1.82) is 0 Å². The molecule has 106 valence electrons. The number of benzene rings is 1. The fourth-order valence-corrected chi connectivity index (χ4v) is 2.03. The van der Waals surface area contributed by atoms with E-state index in [1.165, 1.54) is 12.3 Å². The molecule has 0 aliphatic rings. The topological polar surface area (TPSA) is 82.2 Å². The quantitative estimate of drug-likeness (QED) is 0.811. The number of pyridine rings is 1. The standard InChI is InChI=1S/C14H15ClN2O3/c1-7(2)12(18)14(20)17-11-5-8-3-4-16-13(19)9(8)6-10(11)15/h3-7,12,18H,1-2H3,(H,16,19)(H,17,20)/t12-/m1/s1. The van der Waals surface area contributed by atoms with Crippen LogP contribution >= 0.6 is 11.6 Å². The number of anilines is 1. The van der Waals surface area contributed by atoms with E-state index in [0.717, 1.165) is 0 Å². The zero-order valence-electron chi connectivity index (χ0n) is 11.1. The molecule has 1 amide bonds. The number of carbonyl (C=O) groups excluding carboxylic acids is 1. The van der Waals surface area contributed by atoms with Gasteiger partial charge in [-0.2, -0.15) is 0 Å². The van der Waals surface area contributed by atoms with Gasteiger partial charge in [-0.3, -0.25) is 9.59 Å². The third-order valence-corrected chi connectivity index (χ3v) is 3.33. The van der Waals surface area contributed by atoms with Crippen LogP contribution in [0.5, 0.6) is 0 Å². The van der Waals surface area contributed by atoms with Crippen LogP contribution in [-0.2, 0) is 4.79 Å². The number of fused-ring (bicyclic) bond motifs is 1. The van der Waals surface area contributed by atoms with Crippen LogP contribution in [0.1, 0.15) is 13.8 Å². The van der Waals surface area contributed by atoms with Crippen molar-refractivity contribution in [2.45, 2.75) is 20.0 Å². The highest BCUT2D eigenvalue weighted by molar-refractivity contribution is 6.34. The van der Waals surface area contributed by atoms with Crippen molar-refractivity contribution >= 4 is 34.0 Å². The number of carbonyl (C=O) groups is 1. The lowest BCUT2D eigenvalue weighted by molar-refractivity contribution is -0.125. The minimum absolute atomic E-state index is 0.197. The lowest BCUT2D eigenvalue weighted by atomic mass is 10.1. The summed E-state index contributed by atoms with van der Waals surface area (Å²) >= 11 is 6.05. The normalized spacial score (nSPS) is 12.7. The second-order valence-corrected chi connectivity index (χ2v) is 5.31. The van der Waals surface area contributed by atoms with Crippen molar-refractivity contribution in [3.8, 4) is 0 Å². The van der Waals surface area contributed by atoms with Crippen molar-refractivity contribution in [2.24, 2.45) is 5.92 Å². The first-order valence-corrected chi connectivity index (χ1v) is 6.58. The number of H-pyrrole nitrogens is 1. The number of amides is 1. The maximum atomic E-state index is 11.8. The summed E-state index contributed by atoms with van der Waals surface area (Å²) in [6, 6.07) is 4.81. The summed E-state index contributed by atoms with van der Waals surface area (Å²) in [6.45, 7) is 3.48. The van der Waals surface area contributed by atoms with Gasteiger partial charge >= 0.3 is 0 Å². The molecule has 0 saturated heterocycles. The van der Waals surface area contributed by atoms with Gasteiger partial charge in [0.25, 0.3) is 11.5 Å². The monoisotopic (exact) mass is 294 g/mol. The molecule has 0 saturated carbocycles. The van der Waals surface area contributed by atoms with Crippen molar-refractivity contribution < 1.29 is 9.90 Å². The Hall–Kier alpha value is -1.85. The van der Waals surface area contributed by atoms with Gasteiger partial charge in [-0.05, 0) is 29.5 Å². The van der Waals surface area contributed by atoms with Crippen molar-refractivity contribution in [2.75, 3.05) is 5.32 Å². The molecule has 6 heteroatoms. The Balaban J connectivity index is 2.38. The molecule has 0 aliphatic heterocycles. The fraction of sp³-hybridized carbons (Fsp3) is 0.286. The predicted octanol–water partition coefficient (Wildman–Crippen LogP) is 2.14. The SMILES string of the molecule is CC(C)[C@@H](O)C(=O)Nc1cc2cc[nH]c(=O)c2cc1Cl. The van der Waals surface area contributed by atoms with Crippen molar-refractivity contribution in [1.82, 2.24) is 4.98 Å². The number of rotatable bonds is 3. The van der Waals surface area contributed by atoms with Crippen LogP contribution in [0.4, 0.5) is 5.69 Å². The van der Waals surface area contributed by atoms with E-state index >= 15 is 0 Å². The Morgan fingerprint density at radius 2 is 2.10 bits per heavy atom. The van der Waals surface area contributed by atoms with E-state index in [0.29, 0.717) is 16.5 Å². The van der Waals surface area contributed by atoms with Gasteiger partial charge in [0.2, 0.25) is 0 Å². The minimum Gasteiger partial charge on any atom is -0.383 e. The highest BCUT2D eigenvalue weighted by Gasteiger charge is 2.19. The van der Waals surface area contributed by atoms with Gasteiger partial charge in [-0.15, -0.1) is 0 Å². The molecule has 3 N–H and O–H groups in total. The van der Waals surface area contributed by atoms with Gasteiger partial charge in [0.1, 0.15) is 6.10 Å². The zero-order chi connectivity index (χ0) is 14.9. The lowest BCUT2D eigenvalue weighted by Gasteiger charge is -2.15. The average molecular weight is 295 g/mol. The molecular formula is C14H15ClN2O3. The molecule has 0 fully saturated rings. The number of hydrogen-bond acceptors (Lipinski definition) is 3. The van der Waals surface area contributed by atoms with E-state index in [9.17, 15) is 14.7 Å². The van der Waals surface area contributed by atoms with E-state index in [-0.39, 0.29) is 16.5 Å². The molecule has 0 bridgehead atoms. The minimum atomic E-state index is -1.11. The Labute approximate surface area is 120 Å². The molecule has 0 radical (unpaired) electrons. The molecule has 0 aliphatic carbocycles. The summed E-state index contributed by atoms with van der Waals surface area (Å²) < 4.78 is 0. The van der Waals surface area contributed by atoms with Crippen LogP contribution in [0.3, 0.4) is 0 Å². The number of aliphatic hydroxyl groups excluding tert-OH is 1. The molecule has 2 aromatic rings. The number of aromatic nitrogens is 1. The largest absolute Gasteiger partial charge is 0.383 e. The maximum Gasteiger partial charge on any atom is 0.255 e. The average Bonchev–Trinajstić information content (AvgIpc) is 2.39. The van der Waals surface area contributed by atoms with Crippen LogP contribution in [0, 0.1) is 5.92 Å². The van der Waals surface area contributed by atoms with Gasteiger partial charge in [0.05, 0.1) is 10.7 Å². The van der Waals surface area contributed by atoms with Gasteiger partial charge in [-0.1, -0.05) is 25.4 Å². The van der Waals surface area contributed by atoms with Crippen LogP contribution in [0.2, 0.25) is 5.02 Å². The van der Waals surface area contributed by atoms with Crippen molar-refractivity contribution in [3.63, 3.8) is 0 Å². The first-order valence-electron chi connectivity index (χ1n) is 6.20. The van der Waals surface area contributed by atoms with E-state index in [4.69, 9.17) is 11.6 Å². The first-order chi connectivity index (χ1) is 9.40. The maximum absolute atomic E-state index is 11.8. The highest BCUT2D eigenvalue weighted by Crippen LogP contribution is 2.26. The Bertz CT molecular complexity index is 709. The number of nitrogens with one attached hydrogen (secondary N) is 2. The third kappa shape index (κ3) is 2.84. The van der Waals surface area contributed by atoms with Gasteiger partial charge in [0, 0.05) is 11.6 Å². The van der Waals surface area contributed by atoms with Crippen LogP contribution in [-0.4, -0.2) is 22.1 Å². The molecule has 1 heterocycles. The van der Waals surface area contributed by atoms with E-state index in [2.05, 4.69) is 10.3 Å².